The predicted molar refractivity (Wildman–Crippen MR) is 119 cm³/mol. The number of piperidine rings is 2. The zero-order valence-electron chi connectivity index (χ0n) is 17.1. The Morgan fingerprint density at radius 1 is 1.07 bits per heavy atom. The summed E-state index contributed by atoms with van der Waals surface area (Å²) in [6, 6.07) is 11.1. The largest absolute Gasteiger partial charge is 0.371 e. The average molecular weight is 398 g/mol. The summed E-state index contributed by atoms with van der Waals surface area (Å²) in [4.78, 5) is 19.8. The highest BCUT2D eigenvalue weighted by Crippen LogP contribution is 2.28. The molecule has 0 unspecified atom stereocenters. The van der Waals surface area contributed by atoms with Crippen LogP contribution in [0.3, 0.4) is 0 Å². The Kier molecular flexibility index (Phi) is 6.02. The zero-order valence-corrected chi connectivity index (χ0v) is 17.9. The van der Waals surface area contributed by atoms with Gasteiger partial charge in [0.2, 0.25) is 0 Å². The normalized spacial score (nSPS) is 19.0. The second-order valence-electron chi connectivity index (χ2n) is 8.13. The number of nitrogens with zero attached hydrogens (tertiary/aromatic N) is 3. The molecule has 3 heterocycles. The van der Waals surface area contributed by atoms with Gasteiger partial charge in [0.25, 0.3) is 5.91 Å². The molecule has 2 fully saturated rings. The van der Waals surface area contributed by atoms with E-state index in [1.54, 1.807) is 16.2 Å². The van der Waals surface area contributed by atoms with E-state index in [1.807, 2.05) is 30.6 Å². The van der Waals surface area contributed by atoms with Gasteiger partial charge in [-0.2, -0.15) is 0 Å². The SMILES string of the molecule is Cc1cc(N2CCC(N3CCCCC3)CC2)ccc1C(=O)N(C)c1cccs1. The van der Waals surface area contributed by atoms with Crippen molar-refractivity contribution in [3.63, 3.8) is 0 Å². The molecule has 0 saturated carbocycles. The average Bonchev–Trinajstić information content (AvgIpc) is 3.28. The summed E-state index contributed by atoms with van der Waals surface area (Å²) >= 11 is 1.59. The molecule has 5 heteroatoms. The minimum Gasteiger partial charge on any atom is -0.371 e. The summed E-state index contributed by atoms with van der Waals surface area (Å²) in [5.41, 5.74) is 3.11. The number of benzene rings is 1. The second-order valence-corrected chi connectivity index (χ2v) is 9.06. The second kappa shape index (κ2) is 8.66. The molecule has 4 nitrogen and oxygen atoms in total. The predicted octanol–water partition coefficient (Wildman–Crippen LogP) is 4.79. The number of amides is 1. The Hall–Kier alpha value is -1.85. The van der Waals surface area contributed by atoms with Crippen molar-refractivity contribution in [1.29, 1.82) is 0 Å². The fourth-order valence-corrected chi connectivity index (χ4v) is 5.29. The van der Waals surface area contributed by atoms with Crippen LogP contribution in [0.2, 0.25) is 0 Å². The Bertz CT molecular complexity index is 790. The van der Waals surface area contributed by atoms with Crippen molar-refractivity contribution in [1.82, 2.24) is 4.90 Å². The van der Waals surface area contributed by atoms with Crippen molar-refractivity contribution in [3.8, 4) is 0 Å². The zero-order chi connectivity index (χ0) is 19.5. The Balaban J connectivity index is 1.40. The summed E-state index contributed by atoms with van der Waals surface area (Å²) < 4.78 is 0. The van der Waals surface area contributed by atoms with Crippen LogP contribution in [-0.2, 0) is 0 Å². The molecule has 0 radical (unpaired) electrons. The lowest BCUT2D eigenvalue weighted by atomic mass is 9.99. The van der Waals surface area contributed by atoms with Gasteiger partial charge in [-0.15, -0.1) is 11.3 Å². The minimum absolute atomic E-state index is 0.0651. The van der Waals surface area contributed by atoms with Gasteiger partial charge in [0.15, 0.2) is 0 Å². The Morgan fingerprint density at radius 2 is 1.82 bits per heavy atom. The molecule has 2 aliphatic rings. The van der Waals surface area contributed by atoms with E-state index in [0.29, 0.717) is 0 Å². The maximum atomic E-state index is 12.9. The Labute approximate surface area is 172 Å². The fourth-order valence-electron chi connectivity index (χ4n) is 4.60. The lowest BCUT2D eigenvalue weighted by molar-refractivity contribution is 0.0993. The summed E-state index contributed by atoms with van der Waals surface area (Å²) in [5, 5.41) is 2.98. The monoisotopic (exact) mass is 397 g/mol. The van der Waals surface area contributed by atoms with Gasteiger partial charge < -0.3 is 14.7 Å². The molecule has 2 saturated heterocycles. The maximum absolute atomic E-state index is 12.9. The van der Waals surface area contributed by atoms with E-state index in [2.05, 4.69) is 28.9 Å². The van der Waals surface area contributed by atoms with E-state index in [4.69, 9.17) is 0 Å². The lowest BCUT2D eigenvalue weighted by Crippen LogP contribution is -2.46. The van der Waals surface area contributed by atoms with Crippen LogP contribution in [-0.4, -0.2) is 50.1 Å². The van der Waals surface area contributed by atoms with Crippen molar-refractivity contribution in [2.24, 2.45) is 0 Å². The third-order valence-corrected chi connectivity index (χ3v) is 7.26. The van der Waals surface area contributed by atoms with Gasteiger partial charge in [-0.3, -0.25) is 4.79 Å². The molecular formula is C23H31N3OS. The van der Waals surface area contributed by atoms with E-state index in [9.17, 15) is 4.79 Å². The molecule has 1 aromatic heterocycles. The van der Waals surface area contributed by atoms with Crippen LogP contribution in [0.15, 0.2) is 35.7 Å². The first-order valence-corrected chi connectivity index (χ1v) is 11.4. The van der Waals surface area contributed by atoms with E-state index in [0.717, 1.165) is 35.3 Å². The van der Waals surface area contributed by atoms with E-state index in [-0.39, 0.29) is 5.91 Å². The number of thiophene rings is 1. The van der Waals surface area contributed by atoms with Gasteiger partial charge in [-0.25, -0.2) is 0 Å². The van der Waals surface area contributed by atoms with Gasteiger partial charge in [0, 0.05) is 37.4 Å². The molecule has 28 heavy (non-hydrogen) atoms. The molecule has 0 N–H and O–H groups in total. The molecular weight excluding hydrogens is 366 g/mol. The van der Waals surface area contributed by atoms with E-state index >= 15 is 0 Å². The molecule has 2 aromatic rings. The van der Waals surface area contributed by atoms with Crippen LogP contribution in [0.4, 0.5) is 10.7 Å². The molecule has 2 aliphatic heterocycles. The van der Waals surface area contributed by atoms with Crippen molar-refractivity contribution < 1.29 is 4.79 Å². The smallest absolute Gasteiger partial charge is 0.258 e. The molecule has 1 amide bonds. The van der Waals surface area contributed by atoms with Gasteiger partial charge in [-0.05, 0) is 87.0 Å². The fraction of sp³-hybridized carbons (Fsp3) is 0.522. The van der Waals surface area contributed by atoms with Gasteiger partial charge in [0.05, 0.1) is 5.00 Å². The van der Waals surface area contributed by atoms with Gasteiger partial charge in [0.1, 0.15) is 0 Å². The summed E-state index contributed by atoms with van der Waals surface area (Å²) in [6.45, 7) is 6.86. The third-order valence-electron chi connectivity index (χ3n) is 6.32. The topological polar surface area (TPSA) is 26.8 Å². The lowest BCUT2D eigenvalue weighted by Gasteiger charge is -2.41. The van der Waals surface area contributed by atoms with E-state index in [1.165, 1.54) is 50.9 Å². The number of aryl methyl sites for hydroxylation is 1. The number of anilines is 2. The number of hydrogen-bond acceptors (Lipinski definition) is 4. The summed E-state index contributed by atoms with van der Waals surface area (Å²) in [7, 11) is 1.85. The Morgan fingerprint density at radius 3 is 2.46 bits per heavy atom. The van der Waals surface area contributed by atoms with Crippen LogP contribution < -0.4 is 9.80 Å². The standard InChI is InChI=1S/C23H31N3OS/c1-18-17-20(8-9-21(18)23(27)24(2)22-7-6-16-28-22)26-14-10-19(11-15-26)25-12-4-3-5-13-25/h6-9,16-17,19H,3-5,10-15H2,1-2H3. The molecule has 0 atom stereocenters. The molecule has 1 aromatic carbocycles. The van der Waals surface area contributed by atoms with Crippen molar-refractivity contribution in [2.75, 3.05) is 43.0 Å². The molecule has 150 valence electrons. The highest BCUT2D eigenvalue weighted by molar-refractivity contribution is 7.14. The number of hydrogen-bond donors (Lipinski definition) is 0. The highest BCUT2D eigenvalue weighted by atomic mass is 32.1. The van der Waals surface area contributed by atoms with Crippen LogP contribution in [0.1, 0.15) is 48.0 Å². The van der Waals surface area contributed by atoms with E-state index < -0.39 is 0 Å². The number of likely N-dealkylation sites (tertiary alicyclic amines) is 1. The van der Waals surface area contributed by atoms with Crippen LogP contribution in [0.5, 0.6) is 0 Å². The molecule has 0 bridgehead atoms. The molecule has 0 aliphatic carbocycles. The van der Waals surface area contributed by atoms with Crippen LogP contribution in [0, 0.1) is 6.92 Å². The van der Waals surface area contributed by atoms with Crippen molar-refractivity contribution >= 4 is 27.9 Å². The first-order valence-electron chi connectivity index (χ1n) is 10.5. The maximum Gasteiger partial charge on any atom is 0.258 e. The molecule has 4 rings (SSSR count). The first kappa shape index (κ1) is 19.5. The molecule has 0 spiro atoms. The van der Waals surface area contributed by atoms with Crippen LogP contribution in [0.25, 0.3) is 0 Å². The highest BCUT2D eigenvalue weighted by Gasteiger charge is 2.26. The van der Waals surface area contributed by atoms with Gasteiger partial charge >= 0.3 is 0 Å². The van der Waals surface area contributed by atoms with Crippen LogP contribution >= 0.6 is 11.3 Å². The third kappa shape index (κ3) is 4.11. The summed E-state index contributed by atoms with van der Waals surface area (Å²) in [6.07, 6.45) is 6.65. The number of carbonyl (C=O) groups is 1. The summed E-state index contributed by atoms with van der Waals surface area (Å²) in [5.74, 6) is 0.0651. The first-order chi connectivity index (χ1) is 13.6. The van der Waals surface area contributed by atoms with Crippen molar-refractivity contribution in [3.05, 3.63) is 46.8 Å². The number of carbonyl (C=O) groups excluding carboxylic acids is 1. The minimum atomic E-state index is 0.0651. The quantitative estimate of drug-likeness (QED) is 0.742. The van der Waals surface area contributed by atoms with Gasteiger partial charge in [-0.1, -0.05) is 6.42 Å². The van der Waals surface area contributed by atoms with Crippen molar-refractivity contribution in [2.45, 2.75) is 45.1 Å². The number of rotatable bonds is 4.